The van der Waals surface area contributed by atoms with Crippen molar-refractivity contribution in [2.45, 2.75) is 6.42 Å². The van der Waals surface area contributed by atoms with Crippen LogP contribution in [-0.4, -0.2) is 19.2 Å². The molecule has 1 atom stereocenters. The number of anilines is 1. The molecule has 0 spiro atoms. The number of ether oxygens (including phenoxy) is 1. The van der Waals surface area contributed by atoms with Crippen LogP contribution in [0.1, 0.15) is 11.1 Å². The molecule has 0 fully saturated rings. The lowest BCUT2D eigenvalue weighted by Gasteiger charge is -2.25. The SMILES string of the molecule is N#Cc1ccc(NC(=O)NCC2COc3ccccc3C2)cc1. The fraction of sp³-hybridized carbons (Fsp3) is 0.222. The topological polar surface area (TPSA) is 74.2 Å². The highest BCUT2D eigenvalue weighted by atomic mass is 16.5. The molecule has 2 aromatic carbocycles. The molecule has 23 heavy (non-hydrogen) atoms. The molecule has 1 unspecified atom stereocenters. The third-order valence-electron chi connectivity index (χ3n) is 3.78. The van der Waals surface area contributed by atoms with Crippen LogP contribution in [0.4, 0.5) is 10.5 Å². The van der Waals surface area contributed by atoms with Crippen LogP contribution < -0.4 is 15.4 Å². The van der Waals surface area contributed by atoms with E-state index in [9.17, 15) is 4.79 Å². The summed E-state index contributed by atoms with van der Waals surface area (Å²) in [5, 5.41) is 14.4. The zero-order valence-corrected chi connectivity index (χ0v) is 12.6. The van der Waals surface area contributed by atoms with E-state index in [1.807, 2.05) is 24.3 Å². The molecule has 0 aromatic heterocycles. The van der Waals surface area contributed by atoms with Crippen LogP contribution >= 0.6 is 0 Å². The van der Waals surface area contributed by atoms with E-state index >= 15 is 0 Å². The van der Waals surface area contributed by atoms with Crippen LogP contribution in [0.15, 0.2) is 48.5 Å². The highest BCUT2D eigenvalue weighted by molar-refractivity contribution is 5.89. The average molecular weight is 307 g/mol. The Balaban J connectivity index is 1.49. The molecule has 3 rings (SSSR count). The number of rotatable bonds is 3. The van der Waals surface area contributed by atoms with E-state index in [1.165, 1.54) is 5.56 Å². The summed E-state index contributed by atoms with van der Waals surface area (Å²) in [6.45, 7) is 1.16. The van der Waals surface area contributed by atoms with Crippen LogP contribution in [0.25, 0.3) is 0 Å². The minimum atomic E-state index is -0.256. The van der Waals surface area contributed by atoms with Crippen molar-refractivity contribution in [2.24, 2.45) is 5.92 Å². The van der Waals surface area contributed by atoms with Crippen molar-refractivity contribution < 1.29 is 9.53 Å². The number of para-hydroxylation sites is 1. The maximum Gasteiger partial charge on any atom is 0.319 e. The summed E-state index contributed by atoms with van der Waals surface area (Å²) in [6, 6.07) is 16.5. The number of hydrogen-bond acceptors (Lipinski definition) is 3. The first-order valence-electron chi connectivity index (χ1n) is 7.50. The van der Waals surface area contributed by atoms with E-state index in [2.05, 4.69) is 16.7 Å². The van der Waals surface area contributed by atoms with Crippen molar-refractivity contribution in [1.82, 2.24) is 5.32 Å². The second-order valence-corrected chi connectivity index (χ2v) is 5.51. The highest BCUT2D eigenvalue weighted by Crippen LogP contribution is 2.26. The molecule has 0 bridgehead atoms. The lowest BCUT2D eigenvalue weighted by molar-refractivity contribution is 0.215. The summed E-state index contributed by atoms with van der Waals surface area (Å²) in [6.07, 6.45) is 0.896. The third-order valence-corrected chi connectivity index (χ3v) is 3.78. The van der Waals surface area contributed by atoms with Crippen LogP contribution in [0.2, 0.25) is 0 Å². The molecule has 0 saturated heterocycles. The fourth-order valence-electron chi connectivity index (χ4n) is 2.56. The van der Waals surface area contributed by atoms with Crippen molar-refractivity contribution in [1.29, 1.82) is 5.26 Å². The Kier molecular flexibility index (Phi) is 4.44. The second kappa shape index (κ2) is 6.84. The molecule has 116 valence electrons. The summed E-state index contributed by atoms with van der Waals surface area (Å²) >= 11 is 0. The number of nitriles is 1. The molecule has 5 nitrogen and oxygen atoms in total. The van der Waals surface area contributed by atoms with Gasteiger partial charge in [-0.25, -0.2) is 4.79 Å². The van der Waals surface area contributed by atoms with Gasteiger partial charge in [0.1, 0.15) is 5.75 Å². The molecule has 0 saturated carbocycles. The van der Waals surface area contributed by atoms with Gasteiger partial charge in [-0.2, -0.15) is 5.26 Å². The van der Waals surface area contributed by atoms with Gasteiger partial charge in [0, 0.05) is 18.2 Å². The number of carbonyl (C=O) groups excluding carboxylic acids is 1. The van der Waals surface area contributed by atoms with Gasteiger partial charge < -0.3 is 15.4 Å². The van der Waals surface area contributed by atoms with E-state index in [-0.39, 0.29) is 11.9 Å². The lowest BCUT2D eigenvalue weighted by atomic mass is 9.97. The minimum absolute atomic E-state index is 0.256. The largest absolute Gasteiger partial charge is 0.493 e. The van der Waals surface area contributed by atoms with Crippen LogP contribution in [0.3, 0.4) is 0 Å². The Bertz CT molecular complexity index is 735. The van der Waals surface area contributed by atoms with Gasteiger partial charge >= 0.3 is 6.03 Å². The monoisotopic (exact) mass is 307 g/mol. The summed E-state index contributed by atoms with van der Waals surface area (Å²) in [7, 11) is 0. The Morgan fingerprint density at radius 1 is 1.22 bits per heavy atom. The highest BCUT2D eigenvalue weighted by Gasteiger charge is 2.19. The van der Waals surface area contributed by atoms with E-state index in [1.54, 1.807) is 24.3 Å². The maximum atomic E-state index is 11.9. The van der Waals surface area contributed by atoms with Crippen molar-refractivity contribution in [2.75, 3.05) is 18.5 Å². The zero-order valence-electron chi connectivity index (χ0n) is 12.6. The van der Waals surface area contributed by atoms with Gasteiger partial charge in [-0.1, -0.05) is 18.2 Å². The van der Waals surface area contributed by atoms with Crippen LogP contribution in [-0.2, 0) is 6.42 Å². The molecule has 1 heterocycles. The zero-order chi connectivity index (χ0) is 16.1. The summed E-state index contributed by atoms with van der Waals surface area (Å²) in [5.74, 6) is 1.20. The molecule has 2 aromatic rings. The fourth-order valence-corrected chi connectivity index (χ4v) is 2.56. The first-order chi connectivity index (χ1) is 11.2. The van der Waals surface area contributed by atoms with Gasteiger partial charge in [-0.05, 0) is 42.3 Å². The van der Waals surface area contributed by atoms with Gasteiger partial charge in [0.25, 0.3) is 0 Å². The van der Waals surface area contributed by atoms with Gasteiger partial charge in [0.05, 0.1) is 18.2 Å². The quantitative estimate of drug-likeness (QED) is 0.915. The van der Waals surface area contributed by atoms with E-state index in [0.717, 1.165) is 12.2 Å². The third kappa shape index (κ3) is 3.80. The Labute approximate surface area is 134 Å². The number of nitrogens with one attached hydrogen (secondary N) is 2. The predicted molar refractivity (Wildman–Crippen MR) is 87.3 cm³/mol. The Morgan fingerprint density at radius 2 is 2.00 bits per heavy atom. The molecular formula is C18H17N3O2. The van der Waals surface area contributed by atoms with Crippen molar-refractivity contribution in [3.63, 3.8) is 0 Å². The van der Waals surface area contributed by atoms with E-state index < -0.39 is 0 Å². The molecule has 2 N–H and O–H groups in total. The minimum Gasteiger partial charge on any atom is -0.493 e. The predicted octanol–water partition coefficient (Wildman–Crippen LogP) is 2.93. The van der Waals surface area contributed by atoms with Crippen molar-refractivity contribution in [3.05, 3.63) is 59.7 Å². The van der Waals surface area contributed by atoms with Gasteiger partial charge in [-0.3, -0.25) is 0 Å². The molecule has 1 aliphatic rings. The standard InChI is InChI=1S/C18H17N3O2/c19-10-13-5-7-16(8-6-13)21-18(22)20-11-14-9-15-3-1-2-4-17(15)23-12-14/h1-8,14H,9,11-12H2,(H2,20,21,22). The number of hydrogen-bond donors (Lipinski definition) is 2. The molecule has 5 heteroatoms. The van der Waals surface area contributed by atoms with Crippen LogP contribution in [0, 0.1) is 17.2 Å². The average Bonchev–Trinajstić information content (AvgIpc) is 2.60. The maximum absolute atomic E-state index is 11.9. The van der Waals surface area contributed by atoms with Gasteiger partial charge in [0.2, 0.25) is 0 Å². The smallest absolute Gasteiger partial charge is 0.319 e. The number of benzene rings is 2. The van der Waals surface area contributed by atoms with Crippen molar-refractivity contribution >= 4 is 11.7 Å². The molecule has 2 amide bonds. The number of carbonyl (C=O) groups is 1. The molecule has 0 radical (unpaired) electrons. The summed E-state index contributed by atoms with van der Waals surface area (Å²) in [4.78, 5) is 11.9. The van der Waals surface area contributed by atoms with Gasteiger partial charge in [-0.15, -0.1) is 0 Å². The Hall–Kier alpha value is -3.00. The second-order valence-electron chi connectivity index (χ2n) is 5.51. The Morgan fingerprint density at radius 3 is 2.78 bits per heavy atom. The number of amides is 2. The van der Waals surface area contributed by atoms with Crippen LogP contribution in [0.5, 0.6) is 5.75 Å². The lowest BCUT2D eigenvalue weighted by Crippen LogP contribution is -2.37. The number of urea groups is 1. The normalized spacial score (nSPS) is 15.7. The molecule has 0 aliphatic carbocycles. The molecular weight excluding hydrogens is 290 g/mol. The van der Waals surface area contributed by atoms with E-state index in [0.29, 0.717) is 24.4 Å². The number of fused-ring (bicyclic) bond motifs is 1. The first kappa shape index (κ1) is 14.9. The summed E-state index contributed by atoms with van der Waals surface area (Å²) < 4.78 is 5.71. The van der Waals surface area contributed by atoms with Crippen molar-refractivity contribution in [3.8, 4) is 11.8 Å². The van der Waals surface area contributed by atoms with Gasteiger partial charge in [0.15, 0.2) is 0 Å². The van der Waals surface area contributed by atoms with E-state index in [4.69, 9.17) is 10.00 Å². The number of nitrogens with zero attached hydrogens (tertiary/aromatic N) is 1. The summed E-state index contributed by atoms with van der Waals surface area (Å²) in [5.41, 5.74) is 2.40. The first-order valence-corrected chi connectivity index (χ1v) is 7.50. The molecule has 1 aliphatic heterocycles.